The molecule has 174 valence electrons. The highest BCUT2D eigenvalue weighted by atomic mass is 32.2. The summed E-state index contributed by atoms with van der Waals surface area (Å²) >= 11 is 1.58. The van der Waals surface area contributed by atoms with Gasteiger partial charge in [-0.2, -0.15) is 0 Å². The minimum Gasteiger partial charge on any atom is -0.452 e. The first-order valence-electron chi connectivity index (χ1n) is 11.4. The Morgan fingerprint density at radius 3 is 2.70 bits per heavy atom. The van der Waals surface area contributed by atoms with Crippen LogP contribution in [-0.2, 0) is 14.3 Å². The van der Waals surface area contributed by atoms with E-state index in [2.05, 4.69) is 5.32 Å². The molecule has 1 N–H and O–H groups in total. The predicted octanol–water partition coefficient (Wildman–Crippen LogP) is 4.79. The number of esters is 1. The average molecular weight is 470 g/mol. The Bertz CT molecular complexity index is 1030. The summed E-state index contributed by atoms with van der Waals surface area (Å²) < 4.78 is 23.0. The number of rotatable bonds is 7. The van der Waals surface area contributed by atoms with Crippen LogP contribution in [0.5, 0.6) is 11.5 Å². The normalized spacial score (nSPS) is 20.2. The van der Waals surface area contributed by atoms with Gasteiger partial charge in [0.2, 0.25) is 0 Å². The summed E-state index contributed by atoms with van der Waals surface area (Å²) in [6.07, 6.45) is 6.24. The fourth-order valence-electron chi connectivity index (χ4n) is 4.41. The van der Waals surface area contributed by atoms with Crippen molar-refractivity contribution in [3.63, 3.8) is 0 Å². The fourth-order valence-corrected chi connectivity index (χ4v) is 5.52. The number of hydrogen-bond donors (Lipinski definition) is 1. The van der Waals surface area contributed by atoms with Crippen molar-refractivity contribution in [2.45, 2.75) is 55.3 Å². The molecule has 2 fully saturated rings. The maximum absolute atomic E-state index is 12.6. The molecule has 2 aromatic carbocycles. The number of thioether (sulfide) groups is 1. The smallest absolute Gasteiger partial charge is 0.339 e. The molecule has 1 unspecified atom stereocenters. The summed E-state index contributed by atoms with van der Waals surface area (Å²) in [5, 5.41) is 2.76. The molecular weight excluding hydrogens is 442 g/mol. The van der Waals surface area contributed by atoms with Crippen molar-refractivity contribution in [2.24, 2.45) is 0 Å². The van der Waals surface area contributed by atoms with Crippen LogP contribution >= 0.6 is 11.8 Å². The number of nitrogens with one attached hydrogen (secondary N) is 1. The van der Waals surface area contributed by atoms with Gasteiger partial charge in [-0.05, 0) is 49.9 Å². The predicted molar refractivity (Wildman–Crippen MR) is 124 cm³/mol. The van der Waals surface area contributed by atoms with Crippen LogP contribution in [0.25, 0.3) is 0 Å². The number of anilines is 1. The van der Waals surface area contributed by atoms with Gasteiger partial charge >= 0.3 is 5.97 Å². The molecule has 0 radical (unpaired) electrons. The van der Waals surface area contributed by atoms with E-state index in [0.717, 1.165) is 55.8 Å². The van der Waals surface area contributed by atoms with Crippen molar-refractivity contribution in [1.29, 1.82) is 0 Å². The van der Waals surface area contributed by atoms with Gasteiger partial charge < -0.3 is 24.3 Å². The van der Waals surface area contributed by atoms with Crippen LogP contribution in [0.4, 0.5) is 5.69 Å². The number of fused-ring (bicyclic) bond motifs is 1. The molecule has 2 heterocycles. The highest BCUT2D eigenvalue weighted by Gasteiger charge is 2.44. The molecule has 1 atom stereocenters. The van der Waals surface area contributed by atoms with E-state index >= 15 is 0 Å². The van der Waals surface area contributed by atoms with Gasteiger partial charge in [0.05, 0.1) is 11.7 Å². The van der Waals surface area contributed by atoms with Crippen LogP contribution in [-0.4, -0.2) is 42.7 Å². The van der Waals surface area contributed by atoms with Crippen molar-refractivity contribution in [1.82, 2.24) is 0 Å². The molecule has 0 bridgehead atoms. The maximum atomic E-state index is 12.6. The Balaban J connectivity index is 1.14. The minimum absolute atomic E-state index is 0.218. The molecule has 7 nitrogen and oxygen atoms in total. The summed E-state index contributed by atoms with van der Waals surface area (Å²) in [4.78, 5) is 25.9. The summed E-state index contributed by atoms with van der Waals surface area (Å²) in [7, 11) is 0. The van der Waals surface area contributed by atoms with Crippen molar-refractivity contribution < 1.29 is 28.5 Å². The van der Waals surface area contributed by atoms with Gasteiger partial charge in [0.1, 0.15) is 0 Å². The standard InChI is InChI=1S/C25H27NO6S/c27-23(26-17-9-10-20-21(14-17)32-25(31-20)11-3-4-12-25)15-30-24(28)19-7-1-2-8-22(19)33-16-18-6-5-13-29-18/h1-2,7-10,14,18H,3-6,11-13,15-16H2,(H,26,27). The highest BCUT2D eigenvalue weighted by Crippen LogP contribution is 2.47. The molecule has 3 aliphatic rings. The first kappa shape index (κ1) is 22.1. The Morgan fingerprint density at radius 1 is 1.06 bits per heavy atom. The molecule has 0 aromatic heterocycles. The number of amides is 1. The first-order chi connectivity index (χ1) is 16.1. The summed E-state index contributed by atoms with van der Waals surface area (Å²) in [6.45, 7) is 0.427. The van der Waals surface area contributed by atoms with Crippen LogP contribution in [0.3, 0.4) is 0 Å². The third-order valence-electron chi connectivity index (χ3n) is 6.07. The second-order valence-corrected chi connectivity index (χ2v) is 9.61. The van der Waals surface area contributed by atoms with E-state index in [0.29, 0.717) is 22.7 Å². The number of benzene rings is 2. The SMILES string of the molecule is O=C(COC(=O)c1ccccc1SCC1CCCO1)Nc1ccc2c(c1)OC1(CCCC1)O2. The molecule has 33 heavy (non-hydrogen) atoms. The lowest BCUT2D eigenvalue weighted by molar-refractivity contribution is -0.119. The Kier molecular flexibility index (Phi) is 6.46. The van der Waals surface area contributed by atoms with Gasteiger partial charge in [-0.25, -0.2) is 4.79 Å². The van der Waals surface area contributed by atoms with E-state index in [9.17, 15) is 9.59 Å². The lowest BCUT2D eigenvalue weighted by atomic mass is 10.2. The monoisotopic (exact) mass is 469 g/mol. The zero-order valence-electron chi connectivity index (χ0n) is 18.3. The number of carbonyl (C=O) groups excluding carboxylic acids is 2. The van der Waals surface area contributed by atoms with E-state index in [4.69, 9.17) is 18.9 Å². The molecule has 2 aromatic rings. The summed E-state index contributed by atoms with van der Waals surface area (Å²) in [6, 6.07) is 12.6. The second-order valence-electron chi connectivity index (χ2n) is 8.55. The molecule has 1 aliphatic carbocycles. The van der Waals surface area contributed by atoms with E-state index in [-0.39, 0.29) is 12.7 Å². The average Bonchev–Trinajstić information content (AvgIpc) is 3.57. The fraction of sp³-hybridized carbons (Fsp3) is 0.440. The molecule has 1 amide bonds. The molecular formula is C25H27NO6S. The van der Waals surface area contributed by atoms with E-state index in [1.54, 1.807) is 42.1 Å². The third kappa shape index (κ3) is 5.12. The topological polar surface area (TPSA) is 83.1 Å². The van der Waals surface area contributed by atoms with Gasteiger partial charge in [0, 0.05) is 41.9 Å². The van der Waals surface area contributed by atoms with Crippen LogP contribution in [0.1, 0.15) is 48.9 Å². The summed E-state index contributed by atoms with van der Waals surface area (Å²) in [5.41, 5.74) is 1.03. The molecule has 2 aliphatic heterocycles. The second kappa shape index (κ2) is 9.65. The van der Waals surface area contributed by atoms with Gasteiger partial charge in [0.25, 0.3) is 11.7 Å². The van der Waals surface area contributed by atoms with Crippen LogP contribution in [0.2, 0.25) is 0 Å². The maximum Gasteiger partial charge on any atom is 0.339 e. The third-order valence-corrected chi connectivity index (χ3v) is 7.28. The summed E-state index contributed by atoms with van der Waals surface area (Å²) in [5.74, 6) is 0.630. The Morgan fingerprint density at radius 2 is 1.88 bits per heavy atom. The molecule has 1 saturated carbocycles. The van der Waals surface area contributed by atoms with Crippen molar-refractivity contribution >= 4 is 29.3 Å². The molecule has 1 spiro atoms. The van der Waals surface area contributed by atoms with Gasteiger partial charge in [-0.1, -0.05) is 12.1 Å². The van der Waals surface area contributed by atoms with Crippen LogP contribution in [0, 0.1) is 0 Å². The van der Waals surface area contributed by atoms with E-state index in [1.807, 2.05) is 12.1 Å². The van der Waals surface area contributed by atoms with E-state index < -0.39 is 17.7 Å². The van der Waals surface area contributed by atoms with Crippen LogP contribution < -0.4 is 14.8 Å². The number of hydrogen-bond acceptors (Lipinski definition) is 7. The Labute approximate surface area is 197 Å². The van der Waals surface area contributed by atoms with E-state index in [1.165, 1.54) is 0 Å². The quantitative estimate of drug-likeness (QED) is 0.461. The van der Waals surface area contributed by atoms with Crippen LogP contribution in [0.15, 0.2) is 47.4 Å². The lowest BCUT2D eigenvalue weighted by Crippen LogP contribution is -2.34. The lowest BCUT2D eigenvalue weighted by Gasteiger charge is -2.21. The Hall–Kier alpha value is -2.71. The molecule has 1 saturated heterocycles. The molecule has 5 rings (SSSR count). The van der Waals surface area contributed by atoms with Crippen molar-refractivity contribution in [2.75, 3.05) is 24.3 Å². The van der Waals surface area contributed by atoms with Gasteiger partial charge in [-0.15, -0.1) is 11.8 Å². The van der Waals surface area contributed by atoms with Gasteiger partial charge in [-0.3, -0.25) is 4.79 Å². The first-order valence-corrected chi connectivity index (χ1v) is 12.4. The zero-order chi connectivity index (χ0) is 22.7. The van der Waals surface area contributed by atoms with Crippen molar-refractivity contribution in [3.05, 3.63) is 48.0 Å². The number of ether oxygens (including phenoxy) is 4. The highest BCUT2D eigenvalue weighted by molar-refractivity contribution is 7.99. The van der Waals surface area contributed by atoms with Gasteiger partial charge in [0.15, 0.2) is 18.1 Å². The minimum atomic E-state index is -0.546. The largest absolute Gasteiger partial charge is 0.452 e. The molecule has 8 heteroatoms. The number of carbonyl (C=O) groups is 2. The van der Waals surface area contributed by atoms with Crippen molar-refractivity contribution in [3.8, 4) is 11.5 Å². The zero-order valence-corrected chi connectivity index (χ0v) is 19.2.